The van der Waals surface area contributed by atoms with Gasteiger partial charge in [0.2, 0.25) is 0 Å². The number of amides is 1. The number of halogens is 3. The molecule has 1 heterocycles. The zero-order valence-electron chi connectivity index (χ0n) is 14.2. The molecule has 0 radical (unpaired) electrons. The number of anilines is 1. The van der Waals surface area contributed by atoms with Crippen LogP contribution in [-0.4, -0.2) is 50.1 Å². The van der Waals surface area contributed by atoms with Crippen molar-refractivity contribution in [3.8, 4) is 0 Å². The molecule has 7 heteroatoms. The lowest BCUT2D eigenvalue weighted by Gasteiger charge is -2.36. The van der Waals surface area contributed by atoms with E-state index in [0.717, 1.165) is 42.9 Å². The number of nitrogens with zero attached hydrogens (tertiary/aromatic N) is 2. The Morgan fingerprint density at radius 1 is 1.12 bits per heavy atom. The molecule has 26 heavy (non-hydrogen) atoms. The van der Waals surface area contributed by atoms with Crippen LogP contribution in [0.5, 0.6) is 0 Å². The minimum Gasteiger partial charge on any atom is -0.369 e. The van der Waals surface area contributed by atoms with Crippen molar-refractivity contribution >= 4 is 39.1 Å². The van der Waals surface area contributed by atoms with Gasteiger partial charge in [-0.25, -0.2) is 4.39 Å². The van der Waals surface area contributed by atoms with E-state index in [1.54, 1.807) is 18.2 Å². The zero-order chi connectivity index (χ0) is 18.5. The maximum atomic E-state index is 13.0. The minimum atomic E-state index is -0.214. The van der Waals surface area contributed by atoms with Crippen molar-refractivity contribution in [2.45, 2.75) is 0 Å². The number of benzene rings is 2. The lowest BCUT2D eigenvalue weighted by atomic mass is 10.2. The average molecular weight is 441 g/mol. The third-order valence-electron chi connectivity index (χ3n) is 4.45. The second-order valence-corrected chi connectivity index (χ2v) is 7.51. The van der Waals surface area contributed by atoms with E-state index in [-0.39, 0.29) is 11.7 Å². The van der Waals surface area contributed by atoms with Crippen LogP contribution in [0.2, 0.25) is 5.02 Å². The Balaban J connectivity index is 1.42. The number of carbonyl (C=O) groups excluding carboxylic acids is 1. The van der Waals surface area contributed by atoms with E-state index in [0.29, 0.717) is 17.1 Å². The number of nitrogens with one attached hydrogen (secondary N) is 1. The summed E-state index contributed by atoms with van der Waals surface area (Å²) in [5.41, 5.74) is 1.53. The van der Waals surface area contributed by atoms with Crippen LogP contribution in [-0.2, 0) is 0 Å². The average Bonchev–Trinajstić information content (AvgIpc) is 2.63. The predicted octanol–water partition coefficient (Wildman–Crippen LogP) is 3.79. The first kappa shape index (κ1) is 19.1. The maximum Gasteiger partial charge on any atom is 0.252 e. The normalized spacial score (nSPS) is 15.1. The molecule has 0 bridgehead atoms. The Kier molecular flexibility index (Phi) is 6.51. The molecule has 138 valence electrons. The van der Waals surface area contributed by atoms with Gasteiger partial charge in [0, 0.05) is 49.4 Å². The Hall–Kier alpha value is -1.63. The quantitative estimate of drug-likeness (QED) is 0.768. The molecule has 4 nitrogen and oxygen atoms in total. The summed E-state index contributed by atoms with van der Waals surface area (Å²) in [7, 11) is 0. The van der Waals surface area contributed by atoms with Crippen molar-refractivity contribution in [1.29, 1.82) is 0 Å². The van der Waals surface area contributed by atoms with Crippen LogP contribution in [0.25, 0.3) is 0 Å². The highest BCUT2D eigenvalue weighted by Crippen LogP contribution is 2.21. The fourth-order valence-corrected chi connectivity index (χ4v) is 3.74. The number of hydrogen-bond acceptors (Lipinski definition) is 3. The summed E-state index contributed by atoms with van der Waals surface area (Å²) in [5, 5.41) is 3.36. The van der Waals surface area contributed by atoms with Gasteiger partial charge in [0.05, 0.1) is 10.6 Å². The lowest BCUT2D eigenvalue weighted by Crippen LogP contribution is -2.48. The molecule has 0 saturated carbocycles. The molecular weight excluding hydrogens is 421 g/mol. The van der Waals surface area contributed by atoms with Gasteiger partial charge in [-0.05, 0) is 42.5 Å². The van der Waals surface area contributed by atoms with Crippen molar-refractivity contribution < 1.29 is 9.18 Å². The van der Waals surface area contributed by atoms with E-state index in [2.05, 4.69) is 31.0 Å². The van der Waals surface area contributed by atoms with Crippen molar-refractivity contribution in [1.82, 2.24) is 10.2 Å². The molecule has 1 amide bonds. The van der Waals surface area contributed by atoms with Gasteiger partial charge in [0.25, 0.3) is 5.91 Å². The molecule has 1 N–H and O–H groups in total. The molecule has 2 aromatic rings. The number of rotatable bonds is 5. The summed E-state index contributed by atoms with van der Waals surface area (Å²) in [4.78, 5) is 16.8. The molecule has 0 atom stereocenters. The summed E-state index contributed by atoms with van der Waals surface area (Å²) in [5.74, 6) is -0.374. The Bertz CT molecular complexity index is 764. The predicted molar refractivity (Wildman–Crippen MR) is 107 cm³/mol. The van der Waals surface area contributed by atoms with Crippen LogP contribution in [0.4, 0.5) is 10.1 Å². The molecule has 0 aromatic heterocycles. The van der Waals surface area contributed by atoms with Crippen LogP contribution < -0.4 is 10.2 Å². The summed E-state index contributed by atoms with van der Waals surface area (Å²) in [6.07, 6.45) is 0. The van der Waals surface area contributed by atoms with Gasteiger partial charge in [-0.2, -0.15) is 0 Å². The van der Waals surface area contributed by atoms with E-state index in [1.807, 2.05) is 12.1 Å². The van der Waals surface area contributed by atoms with E-state index in [1.165, 1.54) is 12.1 Å². The topological polar surface area (TPSA) is 35.6 Å². The van der Waals surface area contributed by atoms with Gasteiger partial charge in [-0.15, -0.1) is 0 Å². The summed E-state index contributed by atoms with van der Waals surface area (Å²) in [6, 6.07) is 11.8. The summed E-state index contributed by atoms with van der Waals surface area (Å²) < 4.78 is 13.9. The third-order valence-corrected chi connectivity index (χ3v) is 5.26. The summed E-state index contributed by atoms with van der Waals surface area (Å²) >= 11 is 9.44. The molecule has 0 unspecified atom stereocenters. The van der Waals surface area contributed by atoms with Gasteiger partial charge in [-0.3, -0.25) is 9.69 Å². The van der Waals surface area contributed by atoms with Crippen LogP contribution in [0.15, 0.2) is 46.9 Å². The number of hydrogen-bond donors (Lipinski definition) is 1. The number of carbonyl (C=O) groups is 1. The molecule has 0 aliphatic carbocycles. The highest BCUT2D eigenvalue weighted by atomic mass is 79.9. The smallest absolute Gasteiger partial charge is 0.252 e. The first-order chi connectivity index (χ1) is 12.5. The van der Waals surface area contributed by atoms with E-state index < -0.39 is 0 Å². The van der Waals surface area contributed by atoms with E-state index in [9.17, 15) is 9.18 Å². The van der Waals surface area contributed by atoms with Gasteiger partial charge >= 0.3 is 0 Å². The molecule has 1 saturated heterocycles. The fourth-order valence-electron chi connectivity index (χ4n) is 2.98. The monoisotopic (exact) mass is 439 g/mol. The van der Waals surface area contributed by atoms with Crippen molar-refractivity contribution in [2.24, 2.45) is 0 Å². The van der Waals surface area contributed by atoms with E-state index >= 15 is 0 Å². The van der Waals surface area contributed by atoms with Gasteiger partial charge in [0.15, 0.2) is 0 Å². The van der Waals surface area contributed by atoms with Gasteiger partial charge in [0.1, 0.15) is 5.82 Å². The van der Waals surface area contributed by atoms with Crippen molar-refractivity contribution in [3.05, 3.63) is 63.3 Å². The van der Waals surface area contributed by atoms with E-state index in [4.69, 9.17) is 11.6 Å². The molecule has 0 spiro atoms. The summed E-state index contributed by atoms with van der Waals surface area (Å²) in [6.45, 7) is 4.95. The van der Waals surface area contributed by atoms with Gasteiger partial charge < -0.3 is 10.2 Å². The zero-order valence-corrected chi connectivity index (χ0v) is 16.6. The maximum absolute atomic E-state index is 13.0. The Morgan fingerprint density at radius 2 is 1.81 bits per heavy atom. The van der Waals surface area contributed by atoms with Gasteiger partial charge in [-0.1, -0.05) is 27.5 Å². The second-order valence-electron chi connectivity index (χ2n) is 6.19. The first-order valence-corrected chi connectivity index (χ1v) is 9.66. The van der Waals surface area contributed by atoms with Crippen molar-refractivity contribution in [2.75, 3.05) is 44.2 Å². The Labute approximate surface area is 166 Å². The van der Waals surface area contributed by atoms with Crippen molar-refractivity contribution in [3.63, 3.8) is 0 Å². The standard InChI is InChI=1S/C19H20BrClFN3O/c20-14-1-6-17(18(21)13-14)19(26)23-7-8-24-9-11-25(12-10-24)16-4-2-15(22)3-5-16/h1-6,13H,7-12H2,(H,23,26). The fraction of sp³-hybridized carbons (Fsp3) is 0.316. The Morgan fingerprint density at radius 3 is 2.46 bits per heavy atom. The molecule has 1 fully saturated rings. The molecule has 2 aromatic carbocycles. The first-order valence-electron chi connectivity index (χ1n) is 8.49. The highest BCUT2D eigenvalue weighted by molar-refractivity contribution is 9.10. The minimum absolute atomic E-state index is 0.160. The molecule has 1 aliphatic rings. The van der Waals surface area contributed by atoms with Crippen LogP contribution in [0.1, 0.15) is 10.4 Å². The van der Waals surface area contributed by atoms with Crippen LogP contribution >= 0.6 is 27.5 Å². The second kappa shape index (κ2) is 8.84. The SMILES string of the molecule is O=C(NCCN1CCN(c2ccc(F)cc2)CC1)c1ccc(Br)cc1Cl. The lowest BCUT2D eigenvalue weighted by molar-refractivity contribution is 0.0948. The van der Waals surface area contributed by atoms with Crippen LogP contribution in [0, 0.1) is 5.82 Å². The molecule has 3 rings (SSSR count). The largest absolute Gasteiger partial charge is 0.369 e. The molecule has 1 aliphatic heterocycles. The number of piperazine rings is 1. The molecular formula is C19H20BrClFN3O. The van der Waals surface area contributed by atoms with Crippen LogP contribution in [0.3, 0.4) is 0 Å². The third kappa shape index (κ3) is 4.96. The highest BCUT2D eigenvalue weighted by Gasteiger charge is 2.17.